The fourth-order valence-corrected chi connectivity index (χ4v) is 8.51. The smallest absolute Gasteiger partial charge is 0.143 e. The van der Waals surface area contributed by atoms with E-state index in [0.717, 1.165) is 44.4 Å². The van der Waals surface area contributed by atoms with Crippen LogP contribution in [-0.2, 0) is 0 Å². The van der Waals surface area contributed by atoms with Gasteiger partial charge in [-0.3, -0.25) is 0 Å². The van der Waals surface area contributed by atoms with Crippen molar-refractivity contribution in [3.05, 3.63) is 200 Å². The number of hydrogen-bond acceptors (Lipinski definition) is 2. The van der Waals surface area contributed by atoms with Crippen molar-refractivity contribution >= 4 is 82.1 Å². The van der Waals surface area contributed by atoms with Crippen molar-refractivity contribution in [1.29, 1.82) is 0 Å². The second-order valence-corrected chi connectivity index (χ2v) is 14.1. The predicted octanol–water partition coefficient (Wildman–Crippen LogP) is 15.0. The number of benzene rings is 10. The molecule has 0 aliphatic carbocycles. The van der Waals surface area contributed by atoms with Gasteiger partial charge < -0.3 is 9.32 Å². The quantitative estimate of drug-likeness (QED) is 0.168. The lowest BCUT2D eigenvalue weighted by atomic mass is 9.90. The van der Waals surface area contributed by atoms with Gasteiger partial charge >= 0.3 is 0 Å². The molecule has 0 N–H and O–H groups in total. The zero-order valence-corrected chi connectivity index (χ0v) is 29.4. The van der Waals surface area contributed by atoms with Crippen LogP contribution in [0.4, 0.5) is 17.1 Å². The van der Waals surface area contributed by atoms with Gasteiger partial charge in [0.1, 0.15) is 11.2 Å². The van der Waals surface area contributed by atoms with Crippen LogP contribution in [0.2, 0.25) is 0 Å². The van der Waals surface area contributed by atoms with Gasteiger partial charge in [0.2, 0.25) is 0 Å². The Hall–Kier alpha value is -7.16. The van der Waals surface area contributed by atoms with Gasteiger partial charge in [0, 0.05) is 22.1 Å². The standard InChI is InChI=1S/C52H33NO/c1-2-13-34(14-3-1)35-25-28-39(29-26-35)53(49-23-12-24-50-51(49)46-30-27-36-15-4-9-20-43(36)52(46)54-50)40-31-37-16-5-8-19-42(37)48(33-40)47-32-38-17-6-7-18-41(38)44-21-10-11-22-45(44)47/h1-33H. The lowest BCUT2D eigenvalue weighted by Crippen LogP contribution is -2.10. The maximum absolute atomic E-state index is 6.73. The highest BCUT2D eigenvalue weighted by molar-refractivity contribution is 6.20. The second-order valence-electron chi connectivity index (χ2n) is 14.1. The average Bonchev–Trinajstić information content (AvgIpc) is 3.64. The van der Waals surface area contributed by atoms with E-state index in [0.29, 0.717) is 0 Å². The molecular weight excluding hydrogens is 655 g/mol. The van der Waals surface area contributed by atoms with E-state index in [1.54, 1.807) is 0 Å². The number of nitrogens with zero attached hydrogens (tertiary/aromatic N) is 1. The molecule has 252 valence electrons. The van der Waals surface area contributed by atoms with Crippen molar-refractivity contribution in [2.75, 3.05) is 4.90 Å². The number of hydrogen-bond donors (Lipinski definition) is 0. The molecule has 2 heteroatoms. The Kier molecular flexibility index (Phi) is 6.90. The van der Waals surface area contributed by atoms with Crippen molar-refractivity contribution in [2.24, 2.45) is 0 Å². The maximum Gasteiger partial charge on any atom is 0.143 e. The third-order valence-corrected chi connectivity index (χ3v) is 11.0. The van der Waals surface area contributed by atoms with Gasteiger partial charge in [0.05, 0.1) is 11.1 Å². The summed E-state index contributed by atoms with van der Waals surface area (Å²) in [7, 11) is 0. The number of fused-ring (bicyclic) bond motifs is 9. The largest absolute Gasteiger partial charge is 0.455 e. The van der Waals surface area contributed by atoms with Crippen LogP contribution in [0, 0.1) is 0 Å². The molecule has 0 aliphatic rings. The van der Waals surface area contributed by atoms with Crippen molar-refractivity contribution in [1.82, 2.24) is 0 Å². The van der Waals surface area contributed by atoms with E-state index < -0.39 is 0 Å². The lowest BCUT2D eigenvalue weighted by Gasteiger charge is -2.28. The van der Waals surface area contributed by atoms with Gasteiger partial charge in [-0.05, 0) is 108 Å². The van der Waals surface area contributed by atoms with Gasteiger partial charge in [-0.15, -0.1) is 0 Å². The summed E-state index contributed by atoms with van der Waals surface area (Å²) < 4.78 is 6.73. The monoisotopic (exact) mass is 687 g/mol. The topological polar surface area (TPSA) is 16.4 Å². The Morgan fingerprint density at radius 2 is 0.944 bits per heavy atom. The minimum atomic E-state index is 0.867. The van der Waals surface area contributed by atoms with Crippen LogP contribution in [0.1, 0.15) is 0 Å². The SMILES string of the molecule is c1ccc(-c2ccc(N(c3cc(-c4cc5ccccc5c5ccccc45)c4ccccc4c3)c3cccc4oc5c6ccccc6ccc5c34)cc2)cc1. The first kappa shape index (κ1) is 30.5. The molecule has 11 rings (SSSR count). The number of furan rings is 1. The fourth-order valence-electron chi connectivity index (χ4n) is 8.51. The lowest BCUT2D eigenvalue weighted by molar-refractivity contribution is 0.672. The van der Waals surface area contributed by atoms with E-state index in [1.807, 2.05) is 0 Å². The molecule has 0 atom stereocenters. The Bertz CT molecular complexity index is 3210. The van der Waals surface area contributed by atoms with Crippen LogP contribution in [-0.4, -0.2) is 0 Å². The van der Waals surface area contributed by atoms with Crippen LogP contribution in [0.5, 0.6) is 0 Å². The average molecular weight is 688 g/mol. The third-order valence-electron chi connectivity index (χ3n) is 11.0. The van der Waals surface area contributed by atoms with Crippen LogP contribution in [0.3, 0.4) is 0 Å². The van der Waals surface area contributed by atoms with E-state index in [9.17, 15) is 0 Å². The van der Waals surface area contributed by atoms with Crippen LogP contribution >= 0.6 is 0 Å². The highest BCUT2D eigenvalue weighted by atomic mass is 16.3. The molecule has 0 saturated heterocycles. The fraction of sp³-hybridized carbons (Fsp3) is 0. The van der Waals surface area contributed by atoms with Crippen molar-refractivity contribution in [3.8, 4) is 22.3 Å². The molecule has 0 unspecified atom stereocenters. The van der Waals surface area contributed by atoms with E-state index in [2.05, 4.69) is 205 Å². The summed E-state index contributed by atoms with van der Waals surface area (Å²) in [6, 6.07) is 72.3. The summed E-state index contributed by atoms with van der Waals surface area (Å²) in [5.41, 5.74) is 9.80. The molecule has 54 heavy (non-hydrogen) atoms. The molecule has 0 amide bonds. The summed E-state index contributed by atoms with van der Waals surface area (Å²) in [6.07, 6.45) is 0. The van der Waals surface area contributed by atoms with Crippen LogP contribution in [0.15, 0.2) is 205 Å². The number of rotatable bonds is 5. The second kappa shape index (κ2) is 12.2. The first-order valence-electron chi connectivity index (χ1n) is 18.5. The van der Waals surface area contributed by atoms with Crippen LogP contribution < -0.4 is 4.90 Å². The summed E-state index contributed by atoms with van der Waals surface area (Å²) in [5.74, 6) is 0. The van der Waals surface area contributed by atoms with Gasteiger partial charge in [0.15, 0.2) is 0 Å². The van der Waals surface area contributed by atoms with E-state index in [4.69, 9.17) is 4.42 Å². The molecule has 1 aromatic heterocycles. The molecule has 1 heterocycles. The zero-order chi connectivity index (χ0) is 35.6. The maximum atomic E-state index is 6.73. The van der Waals surface area contributed by atoms with E-state index in [1.165, 1.54) is 60.0 Å². The molecule has 0 fully saturated rings. The van der Waals surface area contributed by atoms with Crippen molar-refractivity contribution in [3.63, 3.8) is 0 Å². The van der Waals surface area contributed by atoms with Gasteiger partial charge in [-0.2, -0.15) is 0 Å². The van der Waals surface area contributed by atoms with Gasteiger partial charge in [-0.1, -0.05) is 152 Å². The highest BCUT2D eigenvalue weighted by Crippen LogP contribution is 2.47. The molecular formula is C52H33NO. The van der Waals surface area contributed by atoms with Crippen molar-refractivity contribution < 1.29 is 4.42 Å². The van der Waals surface area contributed by atoms with Crippen LogP contribution in [0.25, 0.3) is 87.3 Å². The first-order chi connectivity index (χ1) is 26.8. The molecule has 0 aliphatic heterocycles. The molecule has 2 nitrogen and oxygen atoms in total. The Balaban J connectivity index is 1.21. The Morgan fingerprint density at radius 1 is 0.333 bits per heavy atom. The van der Waals surface area contributed by atoms with Gasteiger partial charge in [0.25, 0.3) is 0 Å². The molecule has 10 aromatic carbocycles. The normalized spacial score (nSPS) is 11.7. The summed E-state index contributed by atoms with van der Waals surface area (Å²) >= 11 is 0. The zero-order valence-electron chi connectivity index (χ0n) is 29.4. The molecule has 0 bridgehead atoms. The van der Waals surface area contributed by atoms with Gasteiger partial charge in [-0.25, -0.2) is 0 Å². The molecule has 11 aromatic rings. The summed E-state index contributed by atoms with van der Waals surface area (Å²) in [4.78, 5) is 2.42. The summed E-state index contributed by atoms with van der Waals surface area (Å²) in [6.45, 7) is 0. The molecule has 0 radical (unpaired) electrons. The van der Waals surface area contributed by atoms with Crippen molar-refractivity contribution in [2.45, 2.75) is 0 Å². The molecule has 0 saturated carbocycles. The highest BCUT2D eigenvalue weighted by Gasteiger charge is 2.22. The minimum Gasteiger partial charge on any atom is -0.455 e. The minimum absolute atomic E-state index is 0.867. The predicted molar refractivity (Wildman–Crippen MR) is 229 cm³/mol. The first-order valence-corrected chi connectivity index (χ1v) is 18.5. The summed E-state index contributed by atoms with van der Waals surface area (Å²) in [5, 5.41) is 11.9. The third kappa shape index (κ3) is 4.81. The Morgan fingerprint density at radius 3 is 1.74 bits per heavy atom. The van der Waals surface area contributed by atoms with E-state index in [-0.39, 0.29) is 0 Å². The molecule has 0 spiro atoms. The number of anilines is 3. The van der Waals surface area contributed by atoms with E-state index >= 15 is 0 Å². The Labute approximate surface area is 312 Å².